The zero-order chi connectivity index (χ0) is 14.0. The van der Waals surface area contributed by atoms with Crippen LogP contribution in [0.15, 0.2) is 6.07 Å². The lowest BCUT2D eigenvalue weighted by Gasteiger charge is -2.24. The summed E-state index contributed by atoms with van der Waals surface area (Å²) in [5.41, 5.74) is 5.43. The number of nitrogens with zero attached hydrogens (tertiary/aromatic N) is 2. The highest BCUT2D eigenvalue weighted by Crippen LogP contribution is 2.21. The van der Waals surface area contributed by atoms with E-state index >= 15 is 0 Å². The van der Waals surface area contributed by atoms with Gasteiger partial charge in [0.15, 0.2) is 0 Å². The van der Waals surface area contributed by atoms with Gasteiger partial charge in [-0.15, -0.1) is 0 Å². The third-order valence-electron chi connectivity index (χ3n) is 2.66. The topological polar surface area (TPSA) is 73.1 Å². The van der Waals surface area contributed by atoms with Gasteiger partial charge in [-0.25, -0.2) is 9.97 Å². The molecule has 0 saturated carbocycles. The van der Waals surface area contributed by atoms with Crippen molar-refractivity contribution in [3.8, 4) is 0 Å². The van der Waals surface area contributed by atoms with E-state index in [9.17, 15) is 0 Å². The van der Waals surface area contributed by atoms with E-state index in [0.29, 0.717) is 12.4 Å². The number of ether oxygens (including phenoxy) is 1. The Balaban J connectivity index is 2.88. The summed E-state index contributed by atoms with van der Waals surface area (Å²) in [5.74, 6) is 1.95. The molecule has 0 bridgehead atoms. The molecule has 1 rings (SSSR count). The second-order valence-corrected chi connectivity index (χ2v) is 6.07. The fraction of sp³-hybridized carbons (Fsp3) is 0.692. The van der Waals surface area contributed by atoms with Crippen molar-refractivity contribution in [3.63, 3.8) is 0 Å². The molecule has 5 nitrogen and oxygen atoms in total. The van der Waals surface area contributed by atoms with Crippen LogP contribution in [0, 0.1) is 0 Å². The van der Waals surface area contributed by atoms with Gasteiger partial charge in [0.1, 0.15) is 17.5 Å². The highest BCUT2D eigenvalue weighted by molar-refractivity contribution is 5.45. The third-order valence-corrected chi connectivity index (χ3v) is 2.66. The number of hydrogen-bond acceptors (Lipinski definition) is 5. The molecule has 18 heavy (non-hydrogen) atoms. The van der Waals surface area contributed by atoms with E-state index in [1.54, 1.807) is 13.2 Å². The van der Waals surface area contributed by atoms with Crippen LogP contribution in [0.3, 0.4) is 0 Å². The first-order chi connectivity index (χ1) is 8.14. The van der Waals surface area contributed by atoms with Gasteiger partial charge >= 0.3 is 0 Å². The van der Waals surface area contributed by atoms with Crippen LogP contribution in [0.4, 0.5) is 11.6 Å². The summed E-state index contributed by atoms with van der Waals surface area (Å²) in [5, 5.41) is 3.23. The SMILES string of the molecule is COC(C)(C)CNc1cc(N)nc(C(C)(C)C)n1. The second kappa shape index (κ2) is 5.10. The summed E-state index contributed by atoms with van der Waals surface area (Å²) < 4.78 is 5.35. The number of nitrogen functional groups attached to an aromatic ring is 1. The van der Waals surface area contributed by atoms with Crippen LogP contribution < -0.4 is 11.1 Å². The Labute approximate surface area is 109 Å². The lowest BCUT2D eigenvalue weighted by Crippen LogP contribution is -2.32. The first-order valence-corrected chi connectivity index (χ1v) is 6.08. The zero-order valence-electron chi connectivity index (χ0n) is 12.2. The zero-order valence-corrected chi connectivity index (χ0v) is 12.2. The largest absolute Gasteiger partial charge is 0.384 e. The van der Waals surface area contributed by atoms with Crippen molar-refractivity contribution in [3.05, 3.63) is 11.9 Å². The molecule has 0 unspecified atom stereocenters. The van der Waals surface area contributed by atoms with Crippen molar-refractivity contribution in [1.29, 1.82) is 0 Å². The molecular formula is C13H24N4O. The van der Waals surface area contributed by atoms with Crippen LogP contribution in [-0.4, -0.2) is 29.2 Å². The van der Waals surface area contributed by atoms with E-state index in [-0.39, 0.29) is 11.0 Å². The van der Waals surface area contributed by atoms with Crippen molar-refractivity contribution >= 4 is 11.6 Å². The number of anilines is 2. The predicted molar refractivity (Wildman–Crippen MR) is 74.7 cm³/mol. The fourth-order valence-corrected chi connectivity index (χ4v) is 1.27. The van der Waals surface area contributed by atoms with E-state index in [1.165, 1.54) is 0 Å². The lowest BCUT2D eigenvalue weighted by molar-refractivity contribution is 0.0343. The molecule has 0 fully saturated rings. The molecule has 3 N–H and O–H groups in total. The number of nitrogens with one attached hydrogen (secondary N) is 1. The highest BCUT2D eigenvalue weighted by atomic mass is 16.5. The van der Waals surface area contributed by atoms with Crippen LogP contribution in [0.25, 0.3) is 0 Å². The van der Waals surface area contributed by atoms with Gasteiger partial charge in [0.25, 0.3) is 0 Å². The van der Waals surface area contributed by atoms with Crippen molar-refractivity contribution in [2.75, 3.05) is 24.7 Å². The molecule has 0 amide bonds. The Morgan fingerprint density at radius 3 is 2.33 bits per heavy atom. The molecule has 102 valence electrons. The van der Waals surface area contributed by atoms with E-state index in [4.69, 9.17) is 10.5 Å². The van der Waals surface area contributed by atoms with E-state index in [1.807, 2.05) is 13.8 Å². The fourth-order valence-electron chi connectivity index (χ4n) is 1.27. The molecule has 0 atom stereocenters. The van der Waals surface area contributed by atoms with Gasteiger partial charge in [0.2, 0.25) is 0 Å². The van der Waals surface area contributed by atoms with Gasteiger partial charge in [0, 0.05) is 25.1 Å². The minimum absolute atomic E-state index is 0.122. The van der Waals surface area contributed by atoms with Gasteiger partial charge < -0.3 is 15.8 Å². The molecule has 0 spiro atoms. The van der Waals surface area contributed by atoms with Crippen LogP contribution in [0.2, 0.25) is 0 Å². The minimum atomic E-state index is -0.248. The van der Waals surface area contributed by atoms with Gasteiger partial charge in [-0.3, -0.25) is 0 Å². The van der Waals surface area contributed by atoms with Crippen LogP contribution in [0.1, 0.15) is 40.4 Å². The quantitative estimate of drug-likeness (QED) is 0.859. The number of nitrogens with two attached hydrogens (primary N) is 1. The summed E-state index contributed by atoms with van der Waals surface area (Å²) >= 11 is 0. The van der Waals surface area contributed by atoms with Gasteiger partial charge in [-0.05, 0) is 13.8 Å². The van der Waals surface area contributed by atoms with Crippen LogP contribution in [-0.2, 0) is 10.2 Å². The van der Waals surface area contributed by atoms with Gasteiger partial charge in [-0.2, -0.15) is 0 Å². The number of methoxy groups -OCH3 is 1. The summed E-state index contributed by atoms with van der Waals surface area (Å²) in [6.45, 7) is 10.9. The summed E-state index contributed by atoms with van der Waals surface area (Å²) in [7, 11) is 1.69. The smallest absolute Gasteiger partial charge is 0.138 e. The van der Waals surface area contributed by atoms with E-state index in [0.717, 1.165) is 11.6 Å². The maximum atomic E-state index is 5.81. The first-order valence-electron chi connectivity index (χ1n) is 6.08. The Hall–Kier alpha value is -1.36. The molecule has 0 saturated heterocycles. The average molecular weight is 252 g/mol. The van der Waals surface area contributed by atoms with Crippen molar-refractivity contribution in [2.45, 2.75) is 45.6 Å². The van der Waals surface area contributed by atoms with Crippen molar-refractivity contribution in [2.24, 2.45) is 0 Å². The van der Waals surface area contributed by atoms with E-state index < -0.39 is 0 Å². The Morgan fingerprint density at radius 1 is 1.22 bits per heavy atom. The molecule has 5 heteroatoms. The van der Waals surface area contributed by atoms with E-state index in [2.05, 4.69) is 36.1 Å². The summed E-state index contributed by atoms with van der Waals surface area (Å²) in [6, 6.07) is 1.74. The average Bonchev–Trinajstić information content (AvgIpc) is 2.25. The molecular weight excluding hydrogens is 228 g/mol. The van der Waals surface area contributed by atoms with Gasteiger partial charge in [0.05, 0.1) is 5.60 Å². The monoisotopic (exact) mass is 252 g/mol. The molecule has 0 aromatic carbocycles. The standard InChI is InChI=1S/C13H24N4O/c1-12(2,3)11-16-9(14)7-10(17-11)15-8-13(4,5)18-6/h7H,8H2,1-6H3,(H3,14,15,16,17). The number of hydrogen-bond donors (Lipinski definition) is 2. The molecule has 1 aromatic rings. The molecule has 0 aliphatic carbocycles. The van der Waals surface area contributed by atoms with Crippen LogP contribution in [0.5, 0.6) is 0 Å². The lowest BCUT2D eigenvalue weighted by atomic mass is 9.96. The Morgan fingerprint density at radius 2 is 1.83 bits per heavy atom. The maximum Gasteiger partial charge on any atom is 0.138 e. The van der Waals surface area contributed by atoms with Crippen molar-refractivity contribution < 1.29 is 4.74 Å². The summed E-state index contributed by atoms with van der Waals surface area (Å²) in [4.78, 5) is 8.75. The normalized spacial score (nSPS) is 12.6. The third kappa shape index (κ3) is 4.14. The first kappa shape index (κ1) is 14.7. The number of aromatic nitrogens is 2. The highest BCUT2D eigenvalue weighted by Gasteiger charge is 2.20. The Kier molecular flexibility index (Phi) is 4.16. The maximum absolute atomic E-state index is 5.81. The van der Waals surface area contributed by atoms with Crippen molar-refractivity contribution in [1.82, 2.24) is 9.97 Å². The number of rotatable bonds is 4. The van der Waals surface area contributed by atoms with Crippen LogP contribution >= 0.6 is 0 Å². The van der Waals surface area contributed by atoms with Gasteiger partial charge in [-0.1, -0.05) is 20.8 Å². The molecule has 1 aromatic heterocycles. The second-order valence-electron chi connectivity index (χ2n) is 6.07. The molecule has 1 heterocycles. The Bertz CT molecular complexity index is 410. The predicted octanol–water partition coefficient (Wildman–Crippen LogP) is 2.19. The minimum Gasteiger partial charge on any atom is -0.384 e. The molecule has 0 aliphatic heterocycles. The molecule has 0 aliphatic rings. The molecule has 0 radical (unpaired) electrons. The summed E-state index contributed by atoms with van der Waals surface area (Å²) in [6.07, 6.45) is 0.